The SMILES string of the molecule is Cc1ccc(C(Nc2ccc(F)cc2)C2CC2)cc1. The fourth-order valence-corrected chi connectivity index (χ4v) is 2.40. The second kappa shape index (κ2) is 5.04. The van der Waals surface area contributed by atoms with E-state index in [1.165, 1.54) is 36.1 Å². The Labute approximate surface area is 113 Å². The van der Waals surface area contributed by atoms with E-state index in [1.54, 1.807) is 12.1 Å². The highest BCUT2D eigenvalue weighted by molar-refractivity contribution is 5.46. The van der Waals surface area contributed by atoms with Crippen LogP contribution in [0.5, 0.6) is 0 Å². The molecule has 0 radical (unpaired) electrons. The molecule has 0 bridgehead atoms. The molecule has 3 rings (SSSR count). The van der Waals surface area contributed by atoms with Crippen LogP contribution in [-0.4, -0.2) is 0 Å². The Bertz CT molecular complexity index is 540. The van der Waals surface area contributed by atoms with Crippen LogP contribution in [-0.2, 0) is 0 Å². The Hall–Kier alpha value is -1.83. The highest BCUT2D eigenvalue weighted by atomic mass is 19.1. The quantitative estimate of drug-likeness (QED) is 0.835. The van der Waals surface area contributed by atoms with Crippen LogP contribution < -0.4 is 5.32 Å². The number of aryl methyl sites for hydroxylation is 1. The fourth-order valence-electron chi connectivity index (χ4n) is 2.40. The second-order valence-corrected chi connectivity index (χ2v) is 5.38. The van der Waals surface area contributed by atoms with Gasteiger partial charge in [0.15, 0.2) is 0 Å². The Kier molecular flexibility index (Phi) is 3.24. The lowest BCUT2D eigenvalue weighted by molar-refractivity contribution is 0.627. The maximum absolute atomic E-state index is 12.9. The molecule has 0 amide bonds. The number of halogens is 1. The molecule has 1 saturated carbocycles. The zero-order valence-electron chi connectivity index (χ0n) is 11.1. The third kappa shape index (κ3) is 2.95. The van der Waals surface area contributed by atoms with E-state index in [0.717, 1.165) is 5.69 Å². The Balaban J connectivity index is 1.81. The van der Waals surface area contributed by atoms with E-state index in [9.17, 15) is 4.39 Å². The number of hydrogen-bond acceptors (Lipinski definition) is 1. The van der Waals surface area contributed by atoms with Gasteiger partial charge in [-0.15, -0.1) is 0 Å². The zero-order chi connectivity index (χ0) is 13.2. The van der Waals surface area contributed by atoms with Crippen molar-refractivity contribution in [3.05, 3.63) is 65.5 Å². The molecule has 98 valence electrons. The van der Waals surface area contributed by atoms with Crippen molar-refractivity contribution in [1.29, 1.82) is 0 Å². The average molecular weight is 255 g/mol. The smallest absolute Gasteiger partial charge is 0.123 e. The van der Waals surface area contributed by atoms with Gasteiger partial charge in [0.1, 0.15) is 5.82 Å². The van der Waals surface area contributed by atoms with Crippen LogP contribution in [0, 0.1) is 18.7 Å². The molecule has 1 N–H and O–H groups in total. The van der Waals surface area contributed by atoms with Crippen LogP contribution in [0.25, 0.3) is 0 Å². The Morgan fingerprint density at radius 2 is 1.63 bits per heavy atom. The Morgan fingerprint density at radius 1 is 1.00 bits per heavy atom. The second-order valence-electron chi connectivity index (χ2n) is 5.38. The van der Waals surface area contributed by atoms with Crippen molar-refractivity contribution in [2.24, 2.45) is 5.92 Å². The number of benzene rings is 2. The third-order valence-corrected chi connectivity index (χ3v) is 3.70. The highest BCUT2D eigenvalue weighted by Gasteiger charge is 2.32. The molecule has 1 aliphatic carbocycles. The van der Waals surface area contributed by atoms with E-state index in [2.05, 4.69) is 36.5 Å². The summed E-state index contributed by atoms with van der Waals surface area (Å²) in [7, 11) is 0. The lowest BCUT2D eigenvalue weighted by Gasteiger charge is -2.20. The molecule has 1 atom stereocenters. The summed E-state index contributed by atoms with van der Waals surface area (Å²) in [4.78, 5) is 0. The molecule has 2 heteroatoms. The van der Waals surface area contributed by atoms with Crippen molar-refractivity contribution < 1.29 is 4.39 Å². The molecule has 2 aromatic rings. The number of rotatable bonds is 4. The first-order valence-corrected chi connectivity index (χ1v) is 6.81. The number of nitrogens with one attached hydrogen (secondary N) is 1. The molecule has 2 aromatic carbocycles. The average Bonchev–Trinajstić information content (AvgIpc) is 3.24. The van der Waals surface area contributed by atoms with Gasteiger partial charge in [-0.3, -0.25) is 0 Å². The summed E-state index contributed by atoms with van der Waals surface area (Å²) in [5, 5.41) is 3.54. The van der Waals surface area contributed by atoms with E-state index in [1.807, 2.05) is 0 Å². The van der Waals surface area contributed by atoms with E-state index in [-0.39, 0.29) is 5.82 Å². The van der Waals surface area contributed by atoms with Gasteiger partial charge in [-0.05, 0) is 55.5 Å². The molecule has 0 heterocycles. The standard InChI is InChI=1S/C17H18FN/c1-12-2-4-13(5-3-12)17(14-6-7-14)19-16-10-8-15(18)9-11-16/h2-5,8-11,14,17,19H,6-7H2,1H3. The van der Waals surface area contributed by atoms with Gasteiger partial charge in [0.2, 0.25) is 0 Å². The maximum atomic E-state index is 12.9. The van der Waals surface area contributed by atoms with Crippen molar-refractivity contribution in [3.63, 3.8) is 0 Å². The minimum absolute atomic E-state index is 0.191. The highest BCUT2D eigenvalue weighted by Crippen LogP contribution is 2.42. The molecule has 19 heavy (non-hydrogen) atoms. The first kappa shape index (κ1) is 12.2. The molecule has 1 fully saturated rings. The van der Waals surface area contributed by atoms with Crippen molar-refractivity contribution in [1.82, 2.24) is 0 Å². The van der Waals surface area contributed by atoms with Gasteiger partial charge >= 0.3 is 0 Å². The van der Waals surface area contributed by atoms with Gasteiger partial charge in [-0.25, -0.2) is 4.39 Å². The zero-order valence-corrected chi connectivity index (χ0v) is 11.1. The monoisotopic (exact) mass is 255 g/mol. The van der Waals surface area contributed by atoms with Crippen molar-refractivity contribution in [3.8, 4) is 0 Å². The predicted molar refractivity (Wildman–Crippen MR) is 76.7 cm³/mol. The van der Waals surface area contributed by atoms with E-state index in [0.29, 0.717) is 12.0 Å². The van der Waals surface area contributed by atoms with Gasteiger partial charge in [0, 0.05) is 5.69 Å². The molecular weight excluding hydrogens is 237 g/mol. The van der Waals surface area contributed by atoms with Crippen LogP contribution in [0.3, 0.4) is 0 Å². The summed E-state index contributed by atoms with van der Waals surface area (Å²) in [6.07, 6.45) is 2.54. The molecule has 1 nitrogen and oxygen atoms in total. The summed E-state index contributed by atoms with van der Waals surface area (Å²) < 4.78 is 12.9. The first-order chi connectivity index (χ1) is 9.22. The van der Waals surface area contributed by atoms with E-state index >= 15 is 0 Å². The molecule has 1 aliphatic rings. The summed E-state index contributed by atoms with van der Waals surface area (Å²) in [5.41, 5.74) is 3.58. The van der Waals surface area contributed by atoms with Crippen molar-refractivity contribution >= 4 is 5.69 Å². The first-order valence-electron chi connectivity index (χ1n) is 6.81. The lowest BCUT2D eigenvalue weighted by atomic mass is 10.0. The van der Waals surface area contributed by atoms with Crippen molar-refractivity contribution in [2.75, 3.05) is 5.32 Å². The number of hydrogen-bond donors (Lipinski definition) is 1. The van der Waals surface area contributed by atoms with Gasteiger partial charge in [0.05, 0.1) is 6.04 Å². The van der Waals surface area contributed by atoms with Crippen LogP contribution in [0.4, 0.5) is 10.1 Å². The minimum Gasteiger partial charge on any atom is -0.378 e. The fraction of sp³-hybridized carbons (Fsp3) is 0.294. The van der Waals surface area contributed by atoms with Crippen LogP contribution in [0.15, 0.2) is 48.5 Å². The van der Waals surface area contributed by atoms with Gasteiger partial charge < -0.3 is 5.32 Å². The van der Waals surface area contributed by atoms with Gasteiger partial charge in [-0.1, -0.05) is 29.8 Å². The molecule has 0 aromatic heterocycles. The molecule has 1 unspecified atom stereocenters. The molecule has 0 aliphatic heterocycles. The summed E-state index contributed by atoms with van der Waals surface area (Å²) in [6, 6.07) is 15.6. The van der Waals surface area contributed by atoms with Crippen LogP contribution >= 0.6 is 0 Å². The van der Waals surface area contributed by atoms with Crippen LogP contribution in [0.2, 0.25) is 0 Å². The molecule has 0 spiro atoms. The predicted octanol–water partition coefficient (Wildman–Crippen LogP) is 4.70. The van der Waals surface area contributed by atoms with Crippen LogP contribution in [0.1, 0.15) is 30.0 Å². The minimum atomic E-state index is -0.191. The number of anilines is 1. The Morgan fingerprint density at radius 3 is 2.21 bits per heavy atom. The van der Waals surface area contributed by atoms with Crippen molar-refractivity contribution in [2.45, 2.75) is 25.8 Å². The van der Waals surface area contributed by atoms with Gasteiger partial charge in [0.25, 0.3) is 0 Å². The maximum Gasteiger partial charge on any atom is 0.123 e. The third-order valence-electron chi connectivity index (χ3n) is 3.70. The van der Waals surface area contributed by atoms with Gasteiger partial charge in [-0.2, -0.15) is 0 Å². The summed E-state index contributed by atoms with van der Waals surface area (Å²) in [6.45, 7) is 2.10. The van der Waals surface area contributed by atoms with E-state index < -0.39 is 0 Å². The summed E-state index contributed by atoms with van der Waals surface area (Å²) >= 11 is 0. The lowest BCUT2D eigenvalue weighted by Crippen LogP contribution is -2.12. The molecule has 0 saturated heterocycles. The largest absolute Gasteiger partial charge is 0.378 e. The molecular formula is C17H18FN. The summed E-state index contributed by atoms with van der Waals surface area (Å²) in [5.74, 6) is 0.511. The normalized spacial score (nSPS) is 16.1. The topological polar surface area (TPSA) is 12.0 Å². The van der Waals surface area contributed by atoms with E-state index in [4.69, 9.17) is 0 Å².